The van der Waals surface area contributed by atoms with Gasteiger partial charge in [-0.15, -0.1) is 0 Å². The van der Waals surface area contributed by atoms with E-state index in [1.807, 2.05) is 0 Å². The van der Waals surface area contributed by atoms with Crippen LogP contribution in [-0.2, 0) is 9.84 Å². The SMILES string of the molecule is CCCNC1CCCC(S(=O)(=O)CC2CCCC2)C1. The Hall–Kier alpha value is -0.0900. The summed E-state index contributed by atoms with van der Waals surface area (Å²) in [7, 11) is -2.86. The Morgan fingerprint density at radius 3 is 2.47 bits per heavy atom. The van der Waals surface area contributed by atoms with Crippen LogP contribution in [0.15, 0.2) is 0 Å². The summed E-state index contributed by atoms with van der Waals surface area (Å²) in [6.45, 7) is 3.17. The van der Waals surface area contributed by atoms with Crippen LogP contribution in [0.25, 0.3) is 0 Å². The maximum atomic E-state index is 12.5. The normalized spacial score (nSPS) is 29.7. The molecular weight excluding hydrogens is 258 g/mol. The molecule has 0 aromatic rings. The average Bonchev–Trinajstić information content (AvgIpc) is 2.89. The van der Waals surface area contributed by atoms with Crippen molar-refractivity contribution in [3.63, 3.8) is 0 Å². The minimum Gasteiger partial charge on any atom is -0.314 e. The van der Waals surface area contributed by atoms with Crippen molar-refractivity contribution in [2.24, 2.45) is 5.92 Å². The van der Waals surface area contributed by atoms with Crippen molar-refractivity contribution in [1.82, 2.24) is 5.32 Å². The van der Waals surface area contributed by atoms with Gasteiger partial charge in [0.25, 0.3) is 0 Å². The summed E-state index contributed by atoms with van der Waals surface area (Å²) in [6, 6.07) is 0.428. The molecule has 0 spiro atoms. The molecule has 0 amide bonds. The van der Waals surface area contributed by atoms with Gasteiger partial charge in [0.15, 0.2) is 9.84 Å². The van der Waals surface area contributed by atoms with E-state index >= 15 is 0 Å². The summed E-state index contributed by atoms with van der Waals surface area (Å²) in [5.74, 6) is 0.909. The third kappa shape index (κ3) is 4.45. The maximum absolute atomic E-state index is 12.5. The molecule has 0 heterocycles. The van der Waals surface area contributed by atoms with Crippen LogP contribution in [0.1, 0.15) is 64.7 Å². The van der Waals surface area contributed by atoms with Crippen molar-refractivity contribution >= 4 is 9.84 Å². The number of hydrogen-bond acceptors (Lipinski definition) is 3. The second-order valence-corrected chi connectivity index (χ2v) is 8.75. The van der Waals surface area contributed by atoms with Crippen molar-refractivity contribution in [3.05, 3.63) is 0 Å². The van der Waals surface area contributed by atoms with Gasteiger partial charge in [-0.05, 0) is 51.0 Å². The number of nitrogens with one attached hydrogen (secondary N) is 1. The third-order valence-electron chi connectivity index (χ3n) is 4.76. The van der Waals surface area contributed by atoms with Gasteiger partial charge in [-0.3, -0.25) is 0 Å². The zero-order valence-corrected chi connectivity index (χ0v) is 13.1. The van der Waals surface area contributed by atoms with Crippen molar-refractivity contribution in [2.75, 3.05) is 12.3 Å². The minimum absolute atomic E-state index is 0.0730. The first-order chi connectivity index (χ1) is 9.12. The van der Waals surface area contributed by atoms with Crippen LogP contribution in [0, 0.1) is 5.92 Å². The van der Waals surface area contributed by atoms with E-state index in [0.29, 0.717) is 17.7 Å². The van der Waals surface area contributed by atoms with E-state index in [0.717, 1.165) is 51.5 Å². The maximum Gasteiger partial charge on any atom is 0.153 e. The molecule has 0 aromatic heterocycles. The van der Waals surface area contributed by atoms with E-state index in [4.69, 9.17) is 0 Å². The Morgan fingerprint density at radius 2 is 1.79 bits per heavy atom. The average molecular weight is 287 g/mol. The van der Waals surface area contributed by atoms with Crippen LogP contribution < -0.4 is 5.32 Å². The largest absolute Gasteiger partial charge is 0.314 e. The molecule has 3 nitrogen and oxygen atoms in total. The van der Waals surface area contributed by atoms with E-state index in [1.54, 1.807) is 0 Å². The lowest BCUT2D eigenvalue weighted by Gasteiger charge is -2.30. The van der Waals surface area contributed by atoms with Gasteiger partial charge in [0.05, 0.1) is 11.0 Å². The zero-order chi connectivity index (χ0) is 13.7. The molecule has 2 atom stereocenters. The summed E-state index contributed by atoms with van der Waals surface area (Å²) in [5.41, 5.74) is 0. The van der Waals surface area contributed by atoms with Crippen LogP contribution in [-0.4, -0.2) is 32.0 Å². The van der Waals surface area contributed by atoms with E-state index in [9.17, 15) is 8.42 Å². The quantitative estimate of drug-likeness (QED) is 0.817. The van der Waals surface area contributed by atoms with Crippen LogP contribution in [0.5, 0.6) is 0 Å². The van der Waals surface area contributed by atoms with E-state index < -0.39 is 9.84 Å². The predicted molar refractivity (Wildman–Crippen MR) is 80.1 cm³/mol. The van der Waals surface area contributed by atoms with E-state index in [2.05, 4.69) is 12.2 Å². The lowest BCUT2D eigenvalue weighted by atomic mass is 9.95. The first kappa shape index (κ1) is 15.3. The van der Waals surface area contributed by atoms with Crippen LogP contribution >= 0.6 is 0 Å². The molecule has 0 saturated heterocycles. The molecule has 0 aromatic carbocycles. The predicted octanol–water partition coefficient (Wildman–Crippen LogP) is 2.90. The highest BCUT2D eigenvalue weighted by atomic mass is 32.2. The van der Waals surface area contributed by atoms with Gasteiger partial charge < -0.3 is 5.32 Å². The fourth-order valence-corrected chi connectivity index (χ4v) is 5.96. The Balaban J connectivity index is 1.87. The second kappa shape index (κ2) is 7.07. The molecule has 2 saturated carbocycles. The van der Waals surface area contributed by atoms with Crippen molar-refractivity contribution in [2.45, 2.75) is 76.0 Å². The molecule has 19 heavy (non-hydrogen) atoms. The summed E-state index contributed by atoms with van der Waals surface area (Å²) < 4.78 is 25.1. The Labute approximate surface area is 118 Å². The summed E-state index contributed by atoms with van der Waals surface area (Å²) in [5, 5.41) is 3.43. The smallest absolute Gasteiger partial charge is 0.153 e. The monoisotopic (exact) mass is 287 g/mol. The topological polar surface area (TPSA) is 46.2 Å². The van der Waals surface area contributed by atoms with Crippen molar-refractivity contribution in [1.29, 1.82) is 0 Å². The molecule has 2 aliphatic carbocycles. The molecule has 1 N–H and O–H groups in total. The lowest BCUT2D eigenvalue weighted by molar-refractivity contribution is 0.371. The molecule has 0 aliphatic heterocycles. The van der Waals surface area contributed by atoms with Crippen LogP contribution in [0.4, 0.5) is 0 Å². The molecular formula is C15H29NO2S. The van der Waals surface area contributed by atoms with E-state index in [1.165, 1.54) is 12.8 Å². The summed E-state index contributed by atoms with van der Waals surface area (Å²) in [4.78, 5) is 0. The Morgan fingerprint density at radius 1 is 1.05 bits per heavy atom. The van der Waals surface area contributed by atoms with Gasteiger partial charge in [-0.1, -0.05) is 26.2 Å². The first-order valence-corrected chi connectivity index (χ1v) is 9.78. The van der Waals surface area contributed by atoms with Crippen molar-refractivity contribution < 1.29 is 8.42 Å². The number of rotatable bonds is 6. The van der Waals surface area contributed by atoms with Gasteiger partial charge in [0.2, 0.25) is 0 Å². The highest BCUT2D eigenvalue weighted by molar-refractivity contribution is 7.92. The lowest BCUT2D eigenvalue weighted by Crippen LogP contribution is -2.40. The molecule has 2 aliphatic rings. The minimum atomic E-state index is -2.86. The fourth-order valence-electron chi connectivity index (χ4n) is 3.65. The van der Waals surface area contributed by atoms with Crippen molar-refractivity contribution in [3.8, 4) is 0 Å². The van der Waals surface area contributed by atoms with Gasteiger partial charge in [0, 0.05) is 6.04 Å². The molecule has 0 radical (unpaired) electrons. The first-order valence-electron chi connectivity index (χ1n) is 8.06. The van der Waals surface area contributed by atoms with E-state index in [-0.39, 0.29) is 5.25 Å². The van der Waals surface area contributed by atoms with Gasteiger partial charge in [-0.25, -0.2) is 8.42 Å². The van der Waals surface area contributed by atoms with Crippen LogP contribution in [0.3, 0.4) is 0 Å². The Kier molecular flexibility index (Phi) is 5.70. The number of sulfone groups is 1. The standard InChI is InChI=1S/C15H29NO2S/c1-2-10-16-14-8-5-9-15(11-14)19(17,18)12-13-6-3-4-7-13/h13-16H,2-12H2,1H3. The van der Waals surface area contributed by atoms with Gasteiger partial charge >= 0.3 is 0 Å². The second-order valence-electron chi connectivity index (χ2n) is 6.42. The molecule has 2 rings (SSSR count). The molecule has 0 bridgehead atoms. The molecule has 2 fully saturated rings. The van der Waals surface area contributed by atoms with Gasteiger partial charge in [0.1, 0.15) is 0 Å². The highest BCUT2D eigenvalue weighted by Gasteiger charge is 2.33. The molecule has 112 valence electrons. The summed E-state index contributed by atoms with van der Waals surface area (Å²) >= 11 is 0. The fraction of sp³-hybridized carbons (Fsp3) is 1.00. The summed E-state index contributed by atoms with van der Waals surface area (Å²) in [6.07, 6.45) is 9.78. The molecule has 2 unspecified atom stereocenters. The van der Waals surface area contributed by atoms with Gasteiger partial charge in [-0.2, -0.15) is 0 Å². The number of hydrogen-bond donors (Lipinski definition) is 1. The Bertz CT molecular complexity index is 360. The van der Waals surface area contributed by atoms with Crippen LogP contribution in [0.2, 0.25) is 0 Å². The zero-order valence-electron chi connectivity index (χ0n) is 12.2. The third-order valence-corrected chi connectivity index (χ3v) is 7.14. The highest BCUT2D eigenvalue weighted by Crippen LogP contribution is 2.31. The molecule has 4 heteroatoms.